The van der Waals surface area contributed by atoms with Gasteiger partial charge in [-0.15, -0.1) is 0 Å². The van der Waals surface area contributed by atoms with Gasteiger partial charge in [0.05, 0.1) is 5.02 Å². The van der Waals surface area contributed by atoms with Crippen LogP contribution in [0.1, 0.15) is 25.8 Å². The quantitative estimate of drug-likeness (QED) is 0.521. The molecule has 0 aromatic heterocycles. The van der Waals surface area contributed by atoms with Crippen LogP contribution in [0.5, 0.6) is 5.75 Å². The fourth-order valence-electron chi connectivity index (χ4n) is 2.81. The van der Waals surface area contributed by atoms with E-state index in [1.54, 1.807) is 30.3 Å². The van der Waals surface area contributed by atoms with Gasteiger partial charge in [0.25, 0.3) is 5.91 Å². The van der Waals surface area contributed by atoms with Crippen molar-refractivity contribution in [2.75, 3.05) is 13.2 Å². The first kappa shape index (κ1) is 23.5. The van der Waals surface area contributed by atoms with E-state index >= 15 is 0 Å². The number of rotatable bonds is 9. The molecule has 0 saturated carbocycles. The molecule has 2 aromatic carbocycles. The summed E-state index contributed by atoms with van der Waals surface area (Å²) in [6, 6.07) is 11.7. The van der Waals surface area contributed by atoms with Gasteiger partial charge in [-0.3, -0.25) is 9.59 Å². The van der Waals surface area contributed by atoms with Crippen molar-refractivity contribution >= 4 is 50.9 Å². The molecule has 2 amide bonds. The minimum absolute atomic E-state index is 0.195. The Kier molecular flexibility index (Phi) is 9.27. The number of nitrogens with zero attached hydrogens (tertiary/aromatic N) is 1. The lowest BCUT2D eigenvalue weighted by molar-refractivity contribution is -0.142. The van der Waals surface area contributed by atoms with Crippen molar-refractivity contribution in [1.29, 1.82) is 0 Å². The van der Waals surface area contributed by atoms with E-state index in [0.717, 1.165) is 10.0 Å². The third-order valence-electron chi connectivity index (χ3n) is 4.25. The first-order valence-corrected chi connectivity index (χ1v) is 10.8. The average molecular weight is 502 g/mol. The van der Waals surface area contributed by atoms with E-state index in [2.05, 4.69) is 21.2 Å². The zero-order chi connectivity index (χ0) is 21.4. The van der Waals surface area contributed by atoms with Crippen LogP contribution >= 0.6 is 39.1 Å². The third-order valence-corrected chi connectivity index (χ3v) is 5.29. The lowest BCUT2D eigenvalue weighted by Crippen LogP contribution is -2.50. The third kappa shape index (κ3) is 6.91. The molecule has 0 radical (unpaired) electrons. The molecule has 0 saturated heterocycles. The predicted octanol–water partition coefficient (Wildman–Crippen LogP) is 5.08. The van der Waals surface area contributed by atoms with Crippen LogP contribution in [-0.2, 0) is 16.1 Å². The molecule has 2 rings (SSSR count). The van der Waals surface area contributed by atoms with E-state index in [1.165, 1.54) is 4.90 Å². The summed E-state index contributed by atoms with van der Waals surface area (Å²) >= 11 is 15.4. The summed E-state index contributed by atoms with van der Waals surface area (Å²) in [5.41, 5.74) is 0.868. The van der Waals surface area contributed by atoms with Crippen LogP contribution in [0.3, 0.4) is 0 Å². The van der Waals surface area contributed by atoms with Crippen LogP contribution < -0.4 is 10.1 Å². The Balaban J connectivity index is 2.20. The highest BCUT2D eigenvalue weighted by molar-refractivity contribution is 9.10. The Hall–Kier alpha value is -1.76. The molecule has 0 fully saturated rings. The normalized spacial score (nSPS) is 11.6. The highest BCUT2D eigenvalue weighted by atomic mass is 79.9. The van der Waals surface area contributed by atoms with Crippen LogP contribution in [0.15, 0.2) is 46.9 Å². The Morgan fingerprint density at radius 3 is 2.41 bits per heavy atom. The monoisotopic (exact) mass is 500 g/mol. The average Bonchev–Trinajstić information content (AvgIpc) is 2.68. The summed E-state index contributed by atoms with van der Waals surface area (Å²) in [5, 5.41) is 3.80. The van der Waals surface area contributed by atoms with E-state index in [1.807, 2.05) is 26.0 Å². The van der Waals surface area contributed by atoms with Gasteiger partial charge in [0.1, 0.15) is 11.8 Å². The Morgan fingerprint density at radius 2 is 1.83 bits per heavy atom. The molecule has 0 heterocycles. The van der Waals surface area contributed by atoms with Crippen molar-refractivity contribution < 1.29 is 14.3 Å². The van der Waals surface area contributed by atoms with E-state index in [0.29, 0.717) is 28.8 Å². The van der Waals surface area contributed by atoms with Crippen molar-refractivity contribution in [3.05, 3.63) is 62.5 Å². The second-order valence-corrected chi connectivity index (χ2v) is 8.09. The molecular weight excluding hydrogens is 479 g/mol. The van der Waals surface area contributed by atoms with Gasteiger partial charge in [-0.25, -0.2) is 0 Å². The zero-order valence-electron chi connectivity index (χ0n) is 16.3. The van der Waals surface area contributed by atoms with Gasteiger partial charge in [-0.1, -0.05) is 58.2 Å². The molecule has 2 aromatic rings. The Labute approximate surface area is 189 Å². The number of benzene rings is 2. The van der Waals surface area contributed by atoms with Gasteiger partial charge in [0, 0.05) is 22.6 Å². The molecule has 5 nitrogen and oxygen atoms in total. The van der Waals surface area contributed by atoms with Crippen LogP contribution in [0, 0.1) is 0 Å². The van der Waals surface area contributed by atoms with Gasteiger partial charge < -0.3 is 15.0 Å². The number of ether oxygens (including phenoxy) is 1. The second kappa shape index (κ2) is 11.4. The van der Waals surface area contributed by atoms with E-state index in [-0.39, 0.29) is 25.0 Å². The molecule has 0 aliphatic rings. The molecule has 156 valence electrons. The van der Waals surface area contributed by atoms with E-state index in [9.17, 15) is 9.59 Å². The largest absolute Gasteiger partial charge is 0.482 e. The highest BCUT2D eigenvalue weighted by Crippen LogP contribution is 2.28. The molecule has 29 heavy (non-hydrogen) atoms. The van der Waals surface area contributed by atoms with Gasteiger partial charge in [-0.05, 0) is 49.2 Å². The number of halogens is 3. The maximum atomic E-state index is 13.0. The highest BCUT2D eigenvalue weighted by Gasteiger charge is 2.28. The number of nitrogens with one attached hydrogen (secondary N) is 1. The SMILES string of the molecule is CCNC(=O)C(CC)N(Cc1ccc(Cl)cc1)C(=O)COc1ccc(Br)cc1Cl. The smallest absolute Gasteiger partial charge is 0.261 e. The lowest BCUT2D eigenvalue weighted by atomic mass is 10.1. The van der Waals surface area contributed by atoms with Gasteiger partial charge in [0.15, 0.2) is 6.61 Å². The van der Waals surface area contributed by atoms with Gasteiger partial charge >= 0.3 is 0 Å². The fourth-order valence-corrected chi connectivity index (χ4v) is 3.67. The number of hydrogen-bond acceptors (Lipinski definition) is 3. The molecular formula is C21H23BrCl2N2O3. The van der Waals surface area contributed by atoms with Crippen molar-refractivity contribution in [3.63, 3.8) is 0 Å². The minimum atomic E-state index is -0.609. The Morgan fingerprint density at radius 1 is 1.14 bits per heavy atom. The van der Waals surface area contributed by atoms with Crippen LogP contribution in [0.2, 0.25) is 10.0 Å². The lowest BCUT2D eigenvalue weighted by Gasteiger charge is -2.30. The molecule has 0 spiro atoms. The van der Waals surface area contributed by atoms with Gasteiger partial charge in [-0.2, -0.15) is 0 Å². The van der Waals surface area contributed by atoms with Crippen molar-refractivity contribution in [1.82, 2.24) is 10.2 Å². The molecule has 1 atom stereocenters. The second-order valence-electron chi connectivity index (χ2n) is 6.33. The maximum absolute atomic E-state index is 13.0. The molecule has 0 aliphatic heterocycles. The first-order valence-electron chi connectivity index (χ1n) is 9.25. The zero-order valence-corrected chi connectivity index (χ0v) is 19.4. The fraction of sp³-hybridized carbons (Fsp3) is 0.333. The number of hydrogen-bond donors (Lipinski definition) is 1. The Bertz CT molecular complexity index is 846. The standard InChI is InChI=1S/C21H23BrCl2N2O3/c1-3-18(21(28)25-4-2)26(12-14-5-8-16(23)9-6-14)20(27)13-29-19-10-7-15(22)11-17(19)24/h5-11,18H,3-4,12-13H2,1-2H3,(H,25,28). The van der Waals surface area contributed by atoms with Crippen molar-refractivity contribution in [2.45, 2.75) is 32.9 Å². The topological polar surface area (TPSA) is 58.6 Å². The number of amides is 2. The summed E-state index contributed by atoms with van der Waals surface area (Å²) in [6.45, 7) is 4.24. The summed E-state index contributed by atoms with van der Waals surface area (Å²) < 4.78 is 6.44. The van der Waals surface area contributed by atoms with Crippen LogP contribution in [0.4, 0.5) is 0 Å². The number of likely N-dealkylation sites (N-methyl/N-ethyl adjacent to an activating group) is 1. The predicted molar refractivity (Wildman–Crippen MR) is 119 cm³/mol. The van der Waals surface area contributed by atoms with E-state index < -0.39 is 6.04 Å². The van der Waals surface area contributed by atoms with E-state index in [4.69, 9.17) is 27.9 Å². The summed E-state index contributed by atoms with van der Waals surface area (Å²) in [4.78, 5) is 27.1. The van der Waals surface area contributed by atoms with Crippen LogP contribution in [0.25, 0.3) is 0 Å². The number of carbonyl (C=O) groups is 2. The molecule has 0 aliphatic carbocycles. The summed E-state index contributed by atoms with van der Waals surface area (Å²) in [5.74, 6) is -0.100. The summed E-state index contributed by atoms with van der Waals surface area (Å²) in [7, 11) is 0. The van der Waals surface area contributed by atoms with Crippen molar-refractivity contribution in [3.8, 4) is 5.75 Å². The maximum Gasteiger partial charge on any atom is 0.261 e. The molecule has 0 bridgehead atoms. The first-order chi connectivity index (χ1) is 13.8. The van der Waals surface area contributed by atoms with Crippen molar-refractivity contribution in [2.24, 2.45) is 0 Å². The van der Waals surface area contributed by atoms with Gasteiger partial charge in [0.2, 0.25) is 5.91 Å². The molecule has 1 unspecified atom stereocenters. The molecule has 8 heteroatoms. The number of carbonyl (C=O) groups excluding carboxylic acids is 2. The molecule has 1 N–H and O–H groups in total. The summed E-state index contributed by atoms with van der Waals surface area (Å²) in [6.07, 6.45) is 0.476. The van der Waals surface area contributed by atoms with Crippen LogP contribution in [-0.4, -0.2) is 35.9 Å². The minimum Gasteiger partial charge on any atom is -0.482 e.